The smallest absolute Gasteiger partial charge is 0.0948 e. The monoisotopic (exact) mass is 181 g/mol. The van der Waals surface area contributed by atoms with E-state index in [1.165, 1.54) is 12.8 Å². The molecular weight excluding hydrogens is 162 g/mol. The summed E-state index contributed by atoms with van der Waals surface area (Å²) in [4.78, 5) is 6.29. The maximum absolute atomic E-state index is 4.07. The van der Waals surface area contributed by atoms with Gasteiger partial charge >= 0.3 is 0 Å². The molecule has 0 spiro atoms. The molecule has 1 heterocycles. The molecule has 0 saturated carbocycles. The molecule has 74 valence electrons. The Labute approximate surface area is 80.4 Å². The van der Waals surface area contributed by atoms with Crippen LogP contribution in [0.4, 0.5) is 0 Å². The van der Waals surface area contributed by atoms with Crippen LogP contribution < -0.4 is 0 Å². The number of aromatic nitrogens is 2. The minimum atomic E-state index is 0.602. The van der Waals surface area contributed by atoms with Crippen molar-refractivity contribution in [3.05, 3.63) is 18.7 Å². The van der Waals surface area contributed by atoms with Gasteiger partial charge < -0.3 is 9.47 Å². The summed E-state index contributed by atoms with van der Waals surface area (Å²) in [6.45, 7) is 3.36. The van der Waals surface area contributed by atoms with E-state index < -0.39 is 0 Å². The molecule has 0 bridgehead atoms. The standard InChI is InChI=1S/C10H19N3/c1-4-10(5-7-12(2)3)13-8-6-11-9-13/h6,8-10H,4-5,7H2,1-3H3. The van der Waals surface area contributed by atoms with Crippen LogP contribution in [0.5, 0.6) is 0 Å². The van der Waals surface area contributed by atoms with Gasteiger partial charge in [0.2, 0.25) is 0 Å². The lowest BCUT2D eigenvalue weighted by molar-refractivity contribution is 0.341. The summed E-state index contributed by atoms with van der Waals surface area (Å²) in [6.07, 6.45) is 8.16. The molecule has 0 aliphatic rings. The van der Waals surface area contributed by atoms with Crippen molar-refractivity contribution in [1.82, 2.24) is 14.5 Å². The van der Waals surface area contributed by atoms with Crippen LogP contribution in [0.15, 0.2) is 18.7 Å². The lowest BCUT2D eigenvalue weighted by Gasteiger charge is -2.18. The average Bonchev–Trinajstić information content (AvgIpc) is 2.58. The Bertz CT molecular complexity index is 216. The molecule has 1 atom stereocenters. The van der Waals surface area contributed by atoms with Crippen LogP contribution in [0.3, 0.4) is 0 Å². The molecular formula is C10H19N3. The third-order valence-corrected chi connectivity index (χ3v) is 2.33. The van der Waals surface area contributed by atoms with Gasteiger partial charge in [0, 0.05) is 18.4 Å². The van der Waals surface area contributed by atoms with Crippen LogP contribution in [0, 0.1) is 0 Å². The van der Waals surface area contributed by atoms with Crippen LogP contribution in [0.2, 0.25) is 0 Å². The summed E-state index contributed by atoms with van der Waals surface area (Å²) in [6, 6.07) is 0.602. The number of hydrogen-bond acceptors (Lipinski definition) is 2. The number of imidazole rings is 1. The van der Waals surface area contributed by atoms with E-state index >= 15 is 0 Å². The lowest BCUT2D eigenvalue weighted by Crippen LogP contribution is -2.18. The van der Waals surface area contributed by atoms with Crippen molar-refractivity contribution in [2.45, 2.75) is 25.8 Å². The Balaban J connectivity index is 2.44. The van der Waals surface area contributed by atoms with Crippen molar-refractivity contribution in [2.24, 2.45) is 0 Å². The third kappa shape index (κ3) is 3.19. The van der Waals surface area contributed by atoms with E-state index in [9.17, 15) is 0 Å². The van der Waals surface area contributed by atoms with Gasteiger partial charge in [-0.2, -0.15) is 0 Å². The zero-order valence-electron chi connectivity index (χ0n) is 8.77. The van der Waals surface area contributed by atoms with Crippen molar-refractivity contribution in [2.75, 3.05) is 20.6 Å². The van der Waals surface area contributed by atoms with Gasteiger partial charge in [-0.05, 0) is 33.5 Å². The molecule has 0 N–H and O–H groups in total. The highest BCUT2D eigenvalue weighted by atomic mass is 15.1. The Morgan fingerprint density at radius 3 is 2.69 bits per heavy atom. The summed E-state index contributed by atoms with van der Waals surface area (Å²) in [5, 5.41) is 0. The van der Waals surface area contributed by atoms with E-state index in [1.807, 2.05) is 18.7 Å². The lowest BCUT2D eigenvalue weighted by atomic mass is 10.1. The molecule has 0 aliphatic heterocycles. The van der Waals surface area contributed by atoms with Gasteiger partial charge in [0.25, 0.3) is 0 Å². The third-order valence-electron chi connectivity index (χ3n) is 2.33. The van der Waals surface area contributed by atoms with Gasteiger partial charge in [0.1, 0.15) is 0 Å². The largest absolute Gasteiger partial charge is 0.334 e. The fourth-order valence-electron chi connectivity index (χ4n) is 1.46. The molecule has 3 heteroatoms. The fourth-order valence-corrected chi connectivity index (χ4v) is 1.46. The van der Waals surface area contributed by atoms with Crippen LogP contribution >= 0.6 is 0 Å². The molecule has 0 aromatic carbocycles. The first-order chi connectivity index (χ1) is 6.24. The topological polar surface area (TPSA) is 21.1 Å². The molecule has 0 aliphatic carbocycles. The van der Waals surface area contributed by atoms with Gasteiger partial charge in [-0.1, -0.05) is 6.92 Å². The van der Waals surface area contributed by atoms with Crippen molar-refractivity contribution in [3.63, 3.8) is 0 Å². The summed E-state index contributed by atoms with van der Waals surface area (Å²) >= 11 is 0. The maximum atomic E-state index is 4.07. The van der Waals surface area contributed by atoms with Crippen LogP contribution in [0.25, 0.3) is 0 Å². The van der Waals surface area contributed by atoms with E-state index in [2.05, 4.69) is 35.5 Å². The van der Waals surface area contributed by atoms with Gasteiger partial charge in [-0.15, -0.1) is 0 Å². The highest BCUT2D eigenvalue weighted by Gasteiger charge is 2.07. The van der Waals surface area contributed by atoms with E-state index in [1.54, 1.807) is 0 Å². The molecule has 1 rings (SSSR count). The maximum Gasteiger partial charge on any atom is 0.0948 e. The Kier molecular flexibility index (Phi) is 3.96. The SMILES string of the molecule is CCC(CCN(C)C)n1ccnc1. The van der Waals surface area contributed by atoms with Crippen LogP contribution in [-0.2, 0) is 0 Å². The van der Waals surface area contributed by atoms with Gasteiger partial charge in [0.05, 0.1) is 6.33 Å². The van der Waals surface area contributed by atoms with Crippen molar-refractivity contribution < 1.29 is 0 Å². The molecule has 0 fully saturated rings. The molecule has 1 unspecified atom stereocenters. The quantitative estimate of drug-likeness (QED) is 0.690. The number of nitrogens with zero attached hydrogens (tertiary/aromatic N) is 3. The minimum absolute atomic E-state index is 0.602. The fraction of sp³-hybridized carbons (Fsp3) is 0.700. The van der Waals surface area contributed by atoms with E-state index in [-0.39, 0.29) is 0 Å². The van der Waals surface area contributed by atoms with Gasteiger partial charge in [-0.3, -0.25) is 0 Å². The van der Waals surface area contributed by atoms with Crippen molar-refractivity contribution in [1.29, 1.82) is 0 Å². The summed E-state index contributed by atoms with van der Waals surface area (Å²) in [5.41, 5.74) is 0. The highest BCUT2D eigenvalue weighted by molar-refractivity contribution is 4.80. The number of hydrogen-bond donors (Lipinski definition) is 0. The van der Waals surface area contributed by atoms with Gasteiger partial charge in [-0.25, -0.2) is 4.98 Å². The highest BCUT2D eigenvalue weighted by Crippen LogP contribution is 2.14. The second kappa shape index (κ2) is 5.02. The molecule has 0 saturated heterocycles. The molecule has 13 heavy (non-hydrogen) atoms. The molecule has 1 aromatic heterocycles. The molecule has 0 radical (unpaired) electrons. The Morgan fingerprint density at radius 1 is 1.46 bits per heavy atom. The summed E-state index contributed by atoms with van der Waals surface area (Å²) in [5.74, 6) is 0. The number of rotatable bonds is 5. The van der Waals surface area contributed by atoms with Crippen LogP contribution in [0.1, 0.15) is 25.8 Å². The predicted octanol–water partition coefficient (Wildman–Crippen LogP) is 1.79. The summed E-state index contributed by atoms with van der Waals surface area (Å²) in [7, 11) is 4.22. The first kappa shape index (κ1) is 10.3. The minimum Gasteiger partial charge on any atom is -0.334 e. The zero-order chi connectivity index (χ0) is 9.68. The molecule has 3 nitrogen and oxygen atoms in total. The first-order valence-electron chi connectivity index (χ1n) is 4.86. The molecule has 1 aromatic rings. The normalized spacial score (nSPS) is 13.5. The van der Waals surface area contributed by atoms with Crippen molar-refractivity contribution in [3.8, 4) is 0 Å². The van der Waals surface area contributed by atoms with Crippen molar-refractivity contribution >= 4 is 0 Å². The average molecular weight is 181 g/mol. The summed E-state index contributed by atoms with van der Waals surface area (Å²) < 4.78 is 2.20. The van der Waals surface area contributed by atoms with E-state index in [0.717, 1.165) is 6.54 Å². The van der Waals surface area contributed by atoms with E-state index in [4.69, 9.17) is 0 Å². The first-order valence-corrected chi connectivity index (χ1v) is 4.86. The predicted molar refractivity (Wildman–Crippen MR) is 54.7 cm³/mol. The second-order valence-electron chi connectivity index (χ2n) is 3.66. The Morgan fingerprint density at radius 2 is 2.23 bits per heavy atom. The Hall–Kier alpha value is -0.830. The zero-order valence-corrected chi connectivity index (χ0v) is 8.77. The van der Waals surface area contributed by atoms with Crippen LogP contribution in [-0.4, -0.2) is 35.1 Å². The van der Waals surface area contributed by atoms with Gasteiger partial charge in [0.15, 0.2) is 0 Å². The molecule has 0 amide bonds. The van der Waals surface area contributed by atoms with E-state index in [0.29, 0.717) is 6.04 Å². The second-order valence-corrected chi connectivity index (χ2v) is 3.66.